The summed E-state index contributed by atoms with van der Waals surface area (Å²) >= 11 is 3.48. The highest BCUT2D eigenvalue weighted by atomic mass is 79.9. The second-order valence-electron chi connectivity index (χ2n) is 5.01. The molecule has 0 amide bonds. The molecule has 0 radical (unpaired) electrons. The highest BCUT2D eigenvalue weighted by molar-refractivity contribution is 9.10. The van der Waals surface area contributed by atoms with E-state index in [9.17, 15) is 0 Å². The first kappa shape index (κ1) is 16.5. The van der Waals surface area contributed by atoms with Gasteiger partial charge < -0.3 is 14.8 Å². The summed E-state index contributed by atoms with van der Waals surface area (Å²) in [7, 11) is 1.95. The molecule has 3 nitrogen and oxygen atoms in total. The van der Waals surface area contributed by atoms with Gasteiger partial charge >= 0.3 is 0 Å². The fourth-order valence-corrected chi connectivity index (χ4v) is 2.02. The summed E-state index contributed by atoms with van der Waals surface area (Å²) in [6.45, 7) is 8.38. The molecule has 0 bridgehead atoms. The Morgan fingerprint density at radius 2 is 1.95 bits per heavy atom. The molecule has 0 saturated carbocycles. The zero-order valence-electron chi connectivity index (χ0n) is 12.2. The highest BCUT2D eigenvalue weighted by Crippen LogP contribution is 2.28. The molecule has 0 saturated heterocycles. The molecule has 4 heteroatoms. The van der Waals surface area contributed by atoms with Gasteiger partial charge in [-0.2, -0.15) is 0 Å². The van der Waals surface area contributed by atoms with Gasteiger partial charge in [0.1, 0.15) is 12.4 Å². The smallest absolute Gasteiger partial charge is 0.125 e. The van der Waals surface area contributed by atoms with Crippen LogP contribution in [-0.4, -0.2) is 26.9 Å². The fourth-order valence-electron chi connectivity index (χ4n) is 1.68. The number of hydrogen-bond donors (Lipinski definition) is 1. The zero-order valence-corrected chi connectivity index (χ0v) is 13.8. The van der Waals surface area contributed by atoms with Gasteiger partial charge in [-0.15, -0.1) is 0 Å². The van der Waals surface area contributed by atoms with Crippen LogP contribution in [0.25, 0.3) is 0 Å². The van der Waals surface area contributed by atoms with E-state index < -0.39 is 0 Å². The van der Waals surface area contributed by atoms with E-state index in [1.54, 1.807) is 0 Å². The van der Waals surface area contributed by atoms with Crippen molar-refractivity contribution in [2.75, 3.05) is 26.9 Å². The summed E-state index contributed by atoms with van der Waals surface area (Å²) in [4.78, 5) is 0. The molecule has 0 spiro atoms. The summed E-state index contributed by atoms with van der Waals surface area (Å²) in [5.74, 6) is 1.47. The topological polar surface area (TPSA) is 30.5 Å². The maximum absolute atomic E-state index is 5.83. The van der Waals surface area contributed by atoms with Crippen LogP contribution in [0, 0.1) is 5.92 Å². The number of benzene rings is 1. The van der Waals surface area contributed by atoms with Crippen LogP contribution in [0.1, 0.15) is 32.4 Å². The van der Waals surface area contributed by atoms with Gasteiger partial charge in [-0.3, -0.25) is 0 Å². The molecule has 0 aliphatic rings. The molecule has 1 atom stereocenters. The molecule has 1 N–H and O–H groups in total. The summed E-state index contributed by atoms with van der Waals surface area (Å²) < 4.78 is 12.4. The van der Waals surface area contributed by atoms with Crippen LogP contribution in [0.3, 0.4) is 0 Å². The van der Waals surface area contributed by atoms with Crippen LogP contribution in [0.4, 0.5) is 0 Å². The summed E-state index contributed by atoms with van der Waals surface area (Å²) in [6.07, 6.45) is 0. The van der Waals surface area contributed by atoms with Crippen molar-refractivity contribution in [2.45, 2.75) is 26.8 Å². The minimum atomic E-state index is 0.264. The maximum atomic E-state index is 5.83. The van der Waals surface area contributed by atoms with Gasteiger partial charge in [-0.1, -0.05) is 35.8 Å². The molecule has 0 aromatic heterocycles. The van der Waals surface area contributed by atoms with Gasteiger partial charge in [-0.05, 0) is 32.0 Å². The van der Waals surface area contributed by atoms with Crippen molar-refractivity contribution < 1.29 is 9.47 Å². The van der Waals surface area contributed by atoms with Gasteiger partial charge in [0.05, 0.1) is 6.61 Å². The predicted octanol–water partition coefficient (Wildman–Crippen LogP) is 3.78. The third-order valence-corrected chi connectivity index (χ3v) is 3.30. The molecule has 0 heterocycles. The second-order valence-corrected chi connectivity index (χ2v) is 5.93. The Balaban J connectivity index is 2.53. The lowest BCUT2D eigenvalue weighted by molar-refractivity contribution is 0.0815. The second kappa shape index (κ2) is 8.56. The van der Waals surface area contributed by atoms with E-state index in [4.69, 9.17) is 9.47 Å². The molecule has 1 aromatic carbocycles. The molecular formula is C15H24BrNO2. The van der Waals surface area contributed by atoms with Gasteiger partial charge in [0.25, 0.3) is 0 Å². The lowest BCUT2D eigenvalue weighted by Gasteiger charge is -2.17. The average Bonchev–Trinajstić information content (AvgIpc) is 2.37. The first-order chi connectivity index (χ1) is 9.04. The Bertz CT molecular complexity index is 382. The van der Waals surface area contributed by atoms with Crippen LogP contribution in [-0.2, 0) is 4.74 Å². The van der Waals surface area contributed by atoms with E-state index in [2.05, 4.69) is 48.1 Å². The first-order valence-electron chi connectivity index (χ1n) is 6.71. The van der Waals surface area contributed by atoms with Crippen molar-refractivity contribution in [3.05, 3.63) is 28.2 Å². The first-order valence-corrected chi connectivity index (χ1v) is 7.51. The van der Waals surface area contributed by atoms with Crippen LogP contribution in [0.2, 0.25) is 0 Å². The Morgan fingerprint density at radius 3 is 2.58 bits per heavy atom. The van der Waals surface area contributed by atoms with Crippen molar-refractivity contribution in [1.29, 1.82) is 0 Å². The van der Waals surface area contributed by atoms with Gasteiger partial charge in [0, 0.05) is 22.7 Å². The molecule has 1 unspecified atom stereocenters. The highest BCUT2D eigenvalue weighted by Gasteiger charge is 2.10. The van der Waals surface area contributed by atoms with Gasteiger partial charge in [0.2, 0.25) is 0 Å². The fraction of sp³-hybridized carbons (Fsp3) is 0.600. The van der Waals surface area contributed by atoms with Crippen LogP contribution in [0.15, 0.2) is 22.7 Å². The minimum absolute atomic E-state index is 0.264. The van der Waals surface area contributed by atoms with Crippen molar-refractivity contribution in [3.8, 4) is 5.75 Å². The number of halogens is 1. The normalized spacial score (nSPS) is 12.7. The van der Waals surface area contributed by atoms with Crippen molar-refractivity contribution in [3.63, 3.8) is 0 Å². The molecule has 19 heavy (non-hydrogen) atoms. The van der Waals surface area contributed by atoms with E-state index in [1.165, 1.54) is 0 Å². The van der Waals surface area contributed by atoms with Crippen molar-refractivity contribution in [1.82, 2.24) is 5.32 Å². The Hall–Kier alpha value is -0.580. The lowest BCUT2D eigenvalue weighted by Crippen LogP contribution is -2.15. The number of rotatable bonds is 8. The Labute approximate surface area is 124 Å². The molecule has 0 aliphatic heterocycles. The molecule has 1 rings (SSSR count). The molecule has 0 fully saturated rings. The monoisotopic (exact) mass is 329 g/mol. The SMILES string of the molecule is CNC(C)c1ccc(Br)cc1OCCOCC(C)C. The van der Waals surface area contributed by atoms with E-state index in [0.29, 0.717) is 19.1 Å². The third kappa shape index (κ3) is 5.93. The third-order valence-electron chi connectivity index (χ3n) is 2.81. The maximum Gasteiger partial charge on any atom is 0.125 e. The van der Waals surface area contributed by atoms with E-state index in [0.717, 1.165) is 22.4 Å². The quantitative estimate of drug-likeness (QED) is 0.736. The van der Waals surface area contributed by atoms with Crippen LogP contribution < -0.4 is 10.1 Å². The number of ether oxygens (including phenoxy) is 2. The predicted molar refractivity (Wildman–Crippen MR) is 82.8 cm³/mol. The van der Waals surface area contributed by atoms with Gasteiger partial charge in [-0.25, -0.2) is 0 Å². The van der Waals surface area contributed by atoms with Crippen molar-refractivity contribution in [2.24, 2.45) is 5.92 Å². The average molecular weight is 330 g/mol. The largest absolute Gasteiger partial charge is 0.491 e. The summed E-state index contributed by atoms with van der Waals surface area (Å²) in [5, 5.41) is 3.23. The van der Waals surface area contributed by atoms with Crippen LogP contribution in [0.5, 0.6) is 5.75 Å². The lowest BCUT2D eigenvalue weighted by atomic mass is 10.1. The standard InChI is InChI=1S/C15H24BrNO2/c1-11(2)10-18-7-8-19-15-9-13(16)5-6-14(15)12(3)17-4/h5-6,9,11-12,17H,7-8,10H2,1-4H3. The summed E-state index contributed by atoms with van der Waals surface area (Å²) in [5.41, 5.74) is 1.16. The van der Waals surface area contributed by atoms with Crippen molar-refractivity contribution >= 4 is 15.9 Å². The Kier molecular flexibility index (Phi) is 7.42. The van der Waals surface area contributed by atoms with Crippen LogP contribution >= 0.6 is 15.9 Å². The number of hydrogen-bond acceptors (Lipinski definition) is 3. The Morgan fingerprint density at radius 1 is 1.21 bits per heavy atom. The van der Waals surface area contributed by atoms with Gasteiger partial charge in [0.15, 0.2) is 0 Å². The van der Waals surface area contributed by atoms with E-state index in [-0.39, 0.29) is 6.04 Å². The molecule has 0 aliphatic carbocycles. The molecule has 108 valence electrons. The molecular weight excluding hydrogens is 306 g/mol. The zero-order chi connectivity index (χ0) is 14.3. The summed E-state index contributed by atoms with van der Waals surface area (Å²) in [6, 6.07) is 6.38. The minimum Gasteiger partial charge on any atom is -0.491 e. The number of nitrogens with one attached hydrogen (secondary N) is 1. The van der Waals surface area contributed by atoms with E-state index >= 15 is 0 Å². The molecule has 1 aromatic rings. The van der Waals surface area contributed by atoms with E-state index in [1.807, 2.05) is 19.2 Å².